The summed E-state index contributed by atoms with van der Waals surface area (Å²) in [5.74, 6) is 0.0475. The van der Waals surface area contributed by atoms with Crippen LogP contribution >= 0.6 is 0 Å². The third-order valence-electron chi connectivity index (χ3n) is 3.76. The maximum absolute atomic E-state index is 10.7. The van der Waals surface area contributed by atoms with Gasteiger partial charge in [-0.3, -0.25) is 0 Å². The number of hydrogen-bond acceptors (Lipinski definition) is 5. The summed E-state index contributed by atoms with van der Waals surface area (Å²) in [5, 5.41) is 19.0. The van der Waals surface area contributed by atoms with Crippen LogP contribution in [0.5, 0.6) is 23.0 Å². The van der Waals surface area contributed by atoms with Crippen molar-refractivity contribution < 1.29 is 29.2 Å². The number of phenols is 1. The molecular weight excluding hydrogens is 324 g/mol. The average Bonchev–Trinajstić information content (AvgIpc) is 2.58. The van der Waals surface area contributed by atoms with Crippen LogP contribution in [0.2, 0.25) is 0 Å². The van der Waals surface area contributed by atoms with E-state index in [0.29, 0.717) is 19.0 Å². The van der Waals surface area contributed by atoms with Gasteiger partial charge in [0.25, 0.3) is 0 Å². The summed E-state index contributed by atoms with van der Waals surface area (Å²) in [5.41, 5.74) is 0. The molecule has 2 N–H and O–H groups in total. The van der Waals surface area contributed by atoms with Crippen molar-refractivity contribution in [2.75, 3.05) is 13.2 Å². The quantitative estimate of drug-likeness (QED) is 0.281. The molecule has 0 spiro atoms. The van der Waals surface area contributed by atoms with Crippen molar-refractivity contribution in [1.82, 2.24) is 0 Å². The smallest absolute Gasteiger partial charge is 0.502 e. The van der Waals surface area contributed by atoms with E-state index in [1.165, 1.54) is 6.07 Å². The molecule has 0 amide bonds. The van der Waals surface area contributed by atoms with E-state index < -0.39 is 6.16 Å². The first-order chi connectivity index (χ1) is 12.1. The SMILES string of the molecule is CCCCCCOc1ccc(OC(=O)O)c(O)c1OCCCCCC. The molecule has 0 heterocycles. The van der Waals surface area contributed by atoms with Crippen molar-refractivity contribution in [3.05, 3.63) is 12.1 Å². The van der Waals surface area contributed by atoms with Gasteiger partial charge in [-0.1, -0.05) is 52.4 Å². The molecule has 6 heteroatoms. The molecule has 0 aliphatic carbocycles. The molecule has 142 valence electrons. The molecule has 0 saturated heterocycles. The Kier molecular flexibility index (Phi) is 10.3. The minimum Gasteiger partial charge on any atom is -0.502 e. The lowest BCUT2D eigenvalue weighted by molar-refractivity contribution is 0.142. The summed E-state index contributed by atoms with van der Waals surface area (Å²) in [6, 6.07) is 2.94. The molecule has 0 fully saturated rings. The summed E-state index contributed by atoms with van der Waals surface area (Å²) < 4.78 is 16.0. The molecule has 0 radical (unpaired) electrons. The highest BCUT2D eigenvalue weighted by molar-refractivity contribution is 5.66. The number of phenolic OH excluding ortho intramolecular Hbond substituents is 1. The van der Waals surface area contributed by atoms with Crippen molar-refractivity contribution in [2.45, 2.75) is 65.2 Å². The number of rotatable bonds is 13. The predicted octanol–water partition coefficient (Wildman–Crippen LogP) is 5.37. The Hall–Kier alpha value is -2.11. The molecule has 0 atom stereocenters. The zero-order valence-corrected chi connectivity index (χ0v) is 15.3. The van der Waals surface area contributed by atoms with E-state index >= 15 is 0 Å². The minimum atomic E-state index is -1.49. The highest BCUT2D eigenvalue weighted by Crippen LogP contribution is 2.43. The van der Waals surface area contributed by atoms with Gasteiger partial charge >= 0.3 is 6.16 Å². The zero-order valence-electron chi connectivity index (χ0n) is 15.3. The van der Waals surface area contributed by atoms with Gasteiger partial charge in [0.05, 0.1) is 13.2 Å². The molecular formula is C19H30O6. The Labute approximate surface area is 149 Å². The van der Waals surface area contributed by atoms with Gasteiger partial charge in [-0.25, -0.2) is 4.79 Å². The normalized spacial score (nSPS) is 10.5. The molecule has 0 aromatic heterocycles. The van der Waals surface area contributed by atoms with Crippen LogP contribution in [0.3, 0.4) is 0 Å². The Morgan fingerprint density at radius 1 is 0.880 bits per heavy atom. The van der Waals surface area contributed by atoms with Crippen molar-refractivity contribution in [1.29, 1.82) is 0 Å². The van der Waals surface area contributed by atoms with Crippen LogP contribution in [0.25, 0.3) is 0 Å². The van der Waals surface area contributed by atoms with Gasteiger partial charge in [0.2, 0.25) is 11.5 Å². The maximum atomic E-state index is 10.7. The Morgan fingerprint density at radius 2 is 1.44 bits per heavy atom. The summed E-state index contributed by atoms with van der Waals surface area (Å²) in [6.45, 7) is 5.22. The fourth-order valence-corrected chi connectivity index (χ4v) is 2.38. The van der Waals surface area contributed by atoms with E-state index in [4.69, 9.17) is 14.6 Å². The van der Waals surface area contributed by atoms with Gasteiger partial charge in [0.15, 0.2) is 11.5 Å². The highest BCUT2D eigenvalue weighted by Gasteiger charge is 2.18. The van der Waals surface area contributed by atoms with Crippen molar-refractivity contribution >= 4 is 6.16 Å². The highest BCUT2D eigenvalue weighted by atomic mass is 16.7. The fraction of sp³-hybridized carbons (Fsp3) is 0.632. The second-order valence-corrected chi connectivity index (χ2v) is 5.93. The first-order valence-electron chi connectivity index (χ1n) is 9.12. The van der Waals surface area contributed by atoms with Gasteiger partial charge < -0.3 is 24.4 Å². The van der Waals surface area contributed by atoms with Gasteiger partial charge in [-0.05, 0) is 25.0 Å². The molecule has 25 heavy (non-hydrogen) atoms. The molecule has 1 aromatic rings. The fourth-order valence-electron chi connectivity index (χ4n) is 2.38. The molecule has 0 saturated carbocycles. The number of carbonyl (C=O) groups is 1. The van der Waals surface area contributed by atoms with E-state index in [-0.39, 0.29) is 17.2 Å². The first-order valence-corrected chi connectivity index (χ1v) is 9.12. The van der Waals surface area contributed by atoms with Gasteiger partial charge in [-0.2, -0.15) is 0 Å². The largest absolute Gasteiger partial charge is 0.511 e. The van der Waals surface area contributed by atoms with E-state index in [2.05, 4.69) is 18.6 Å². The van der Waals surface area contributed by atoms with Crippen molar-refractivity contribution in [2.24, 2.45) is 0 Å². The van der Waals surface area contributed by atoms with Gasteiger partial charge in [0, 0.05) is 0 Å². The van der Waals surface area contributed by atoms with Crippen LogP contribution in [-0.4, -0.2) is 29.6 Å². The molecule has 1 rings (SSSR count). The average molecular weight is 354 g/mol. The van der Waals surface area contributed by atoms with E-state index in [0.717, 1.165) is 51.4 Å². The van der Waals surface area contributed by atoms with Gasteiger partial charge in [0.1, 0.15) is 0 Å². The standard InChI is InChI=1S/C19H30O6/c1-3-5-7-9-13-23-16-12-11-15(25-19(21)22)17(20)18(16)24-14-10-8-6-4-2/h11-12,20H,3-10,13-14H2,1-2H3,(H,21,22). The topological polar surface area (TPSA) is 85.2 Å². The Balaban J connectivity index is 2.74. The number of ether oxygens (including phenoxy) is 3. The number of hydrogen-bond donors (Lipinski definition) is 2. The summed E-state index contributed by atoms with van der Waals surface area (Å²) in [7, 11) is 0. The monoisotopic (exact) mass is 354 g/mol. The second kappa shape index (κ2) is 12.3. The first kappa shape index (κ1) is 20.9. The number of unbranched alkanes of at least 4 members (excludes halogenated alkanes) is 6. The Morgan fingerprint density at radius 3 is 2.00 bits per heavy atom. The van der Waals surface area contributed by atoms with Crippen LogP contribution in [0.1, 0.15) is 65.2 Å². The third kappa shape index (κ3) is 8.01. The zero-order chi connectivity index (χ0) is 18.5. The molecule has 0 aliphatic rings. The third-order valence-corrected chi connectivity index (χ3v) is 3.76. The number of aromatic hydroxyl groups is 1. The number of carboxylic acid groups (broad SMARTS) is 1. The van der Waals surface area contributed by atoms with E-state index in [1.807, 2.05) is 0 Å². The molecule has 6 nitrogen and oxygen atoms in total. The number of benzene rings is 1. The lowest BCUT2D eigenvalue weighted by Crippen LogP contribution is -2.06. The predicted molar refractivity (Wildman–Crippen MR) is 96.0 cm³/mol. The molecule has 0 aliphatic heterocycles. The minimum absolute atomic E-state index is 0.144. The van der Waals surface area contributed by atoms with Crippen LogP contribution in [0.15, 0.2) is 12.1 Å². The Bertz CT molecular complexity index is 515. The van der Waals surface area contributed by atoms with Crippen LogP contribution in [0.4, 0.5) is 4.79 Å². The lowest BCUT2D eigenvalue weighted by Gasteiger charge is -2.15. The molecule has 0 bridgehead atoms. The molecule has 1 aromatic carbocycles. The summed E-state index contributed by atoms with van der Waals surface area (Å²) >= 11 is 0. The van der Waals surface area contributed by atoms with Crippen LogP contribution < -0.4 is 14.2 Å². The summed E-state index contributed by atoms with van der Waals surface area (Å²) in [4.78, 5) is 10.7. The van der Waals surface area contributed by atoms with Crippen LogP contribution in [-0.2, 0) is 0 Å². The van der Waals surface area contributed by atoms with E-state index in [1.54, 1.807) is 6.07 Å². The van der Waals surface area contributed by atoms with Gasteiger partial charge in [-0.15, -0.1) is 0 Å². The maximum Gasteiger partial charge on any atom is 0.511 e. The molecule has 0 unspecified atom stereocenters. The summed E-state index contributed by atoms with van der Waals surface area (Å²) in [6.07, 6.45) is 6.95. The van der Waals surface area contributed by atoms with Crippen molar-refractivity contribution in [3.63, 3.8) is 0 Å². The van der Waals surface area contributed by atoms with E-state index in [9.17, 15) is 9.90 Å². The van der Waals surface area contributed by atoms with Crippen LogP contribution in [0, 0.1) is 0 Å². The lowest BCUT2D eigenvalue weighted by atomic mass is 10.2. The second-order valence-electron chi connectivity index (χ2n) is 5.93. The van der Waals surface area contributed by atoms with Crippen molar-refractivity contribution in [3.8, 4) is 23.0 Å².